The Kier molecular flexibility index (Phi) is 3.77. The van der Waals surface area contributed by atoms with Crippen molar-refractivity contribution in [2.45, 2.75) is 53.1 Å². The highest BCUT2D eigenvalue weighted by Gasteiger charge is 2.36. The fraction of sp³-hybridized carbons (Fsp3) is 0.526. The lowest BCUT2D eigenvalue weighted by Gasteiger charge is -2.34. The number of amides is 1. The standard InChI is InChI=1S/C19H24N2OS2/c1-10-5-8-13(23-10)16-20-17(22)15-12-7-6-11(19(2,3)4)9-14(12)24-18(15)21-16/h5,8,11,16,21H,6-7,9H2,1-4H3,(H,20,22)/t11-,16+/m0/s1. The van der Waals surface area contributed by atoms with Crippen molar-refractivity contribution in [2.75, 3.05) is 5.32 Å². The Bertz CT molecular complexity index is 797. The Hall–Kier alpha value is -1.33. The zero-order valence-electron chi connectivity index (χ0n) is 14.7. The summed E-state index contributed by atoms with van der Waals surface area (Å²) in [6.45, 7) is 9.09. The molecular weight excluding hydrogens is 336 g/mol. The number of anilines is 1. The first-order valence-electron chi connectivity index (χ1n) is 8.61. The molecule has 0 aromatic carbocycles. The highest BCUT2D eigenvalue weighted by molar-refractivity contribution is 7.17. The van der Waals surface area contributed by atoms with E-state index in [1.54, 1.807) is 22.7 Å². The van der Waals surface area contributed by atoms with Crippen molar-refractivity contribution in [1.82, 2.24) is 5.32 Å². The number of carbonyl (C=O) groups is 1. The lowest BCUT2D eigenvalue weighted by atomic mass is 9.72. The van der Waals surface area contributed by atoms with E-state index in [0.29, 0.717) is 11.3 Å². The number of aryl methyl sites for hydroxylation is 1. The van der Waals surface area contributed by atoms with Gasteiger partial charge < -0.3 is 10.6 Å². The van der Waals surface area contributed by atoms with Crippen LogP contribution >= 0.6 is 22.7 Å². The number of thiophene rings is 2. The van der Waals surface area contributed by atoms with Crippen LogP contribution in [0, 0.1) is 18.3 Å². The molecule has 24 heavy (non-hydrogen) atoms. The summed E-state index contributed by atoms with van der Waals surface area (Å²) in [6.07, 6.45) is 3.22. The van der Waals surface area contributed by atoms with Crippen LogP contribution in [-0.4, -0.2) is 5.91 Å². The van der Waals surface area contributed by atoms with Gasteiger partial charge in [0.2, 0.25) is 0 Å². The predicted octanol–water partition coefficient (Wildman–Crippen LogP) is 5.12. The fourth-order valence-corrected chi connectivity index (χ4v) is 6.02. The molecule has 5 heteroatoms. The maximum absolute atomic E-state index is 12.7. The van der Waals surface area contributed by atoms with Crippen LogP contribution in [0.3, 0.4) is 0 Å². The van der Waals surface area contributed by atoms with Crippen molar-refractivity contribution < 1.29 is 4.79 Å². The molecule has 0 saturated carbocycles. The van der Waals surface area contributed by atoms with Gasteiger partial charge in [-0.05, 0) is 55.2 Å². The molecule has 0 saturated heterocycles. The van der Waals surface area contributed by atoms with Gasteiger partial charge in [-0.2, -0.15) is 0 Å². The van der Waals surface area contributed by atoms with Crippen molar-refractivity contribution in [3.05, 3.63) is 37.9 Å². The van der Waals surface area contributed by atoms with Crippen LogP contribution in [-0.2, 0) is 12.8 Å². The Morgan fingerprint density at radius 3 is 2.62 bits per heavy atom. The van der Waals surface area contributed by atoms with Crippen LogP contribution in [0.4, 0.5) is 5.00 Å². The van der Waals surface area contributed by atoms with Crippen molar-refractivity contribution in [3.8, 4) is 0 Å². The quantitative estimate of drug-likeness (QED) is 0.741. The molecule has 3 heterocycles. The number of nitrogens with one attached hydrogen (secondary N) is 2. The first-order valence-corrected chi connectivity index (χ1v) is 10.2. The number of carbonyl (C=O) groups excluding carboxylic acids is 1. The van der Waals surface area contributed by atoms with Gasteiger partial charge in [0.05, 0.1) is 5.56 Å². The van der Waals surface area contributed by atoms with E-state index in [-0.39, 0.29) is 12.1 Å². The Labute approximate surface area is 151 Å². The molecule has 2 aliphatic rings. The van der Waals surface area contributed by atoms with Crippen LogP contribution in [0.15, 0.2) is 12.1 Å². The van der Waals surface area contributed by atoms with E-state index in [0.717, 1.165) is 23.4 Å². The highest BCUT2D eigenvalue weighted by Crippen LogP contribution is 2.46. The molecule has 4 rings (SSSR count). The maximum Gasteiger partial charge on any atom is 0.256 e. The number of hydrogen-bond donors (Lipinski definition) is 2. The average Bonchev–Trinajstić information content (AvgIpc) is 3.08. The first-order chi connectivity index (χ1) is 11.3. The van der Waals surface area contributed by atoms with Crippen LogP contribution in [0.25, 0.3) is 0 Å². The molecular formula is C19H24N2OS2. The summed E-state index contributed by atoms with van der Waals surface area (Å²) in [5.74, 6) is 0.787. The average molecular weight is 361 g/mol. The summed E-state index contributed by atoms with van der Waals surface area (Å²) in [7, 11) is 0. The van der Waals surface area contributed by atoms with Crippen LogP contribution in [0.1, 0.15) is 63.9 Å². The second kappa shape index (κ2) is 5.60. The highest BCUT2D eigenvalue weighted by atomic mass is 32.1. The lowest BCUT2D eigenvalue weighted by Crippen LogP contribution is -2.38. The summed E-state index contributed by atoms with van der Waals surface area (Å²) in [5, 5.41) is 7.78. The molecule has 1 amide bonds. The summed E-state index contributed by atoms with van der Waals surface area (Å²) >= 11 is 3.54. The van der Waals surface area contributed by atoms with Crippen LogP contribution < -0.4 is 10.6 Å². The summed E-state index contributed by atoms with van der Waals surface area (Å²) < 4.78 is 0. The second-order valence-electron chi connectivity index (χ2n) is 8.01. The number of rotatable bonds is 1. The minimum Gasteiger partial charge on any atom is -0.352 e. The molecule has 2 aromatic heterocycles. The van der Waals surface area contributed by atoms with Gasteiger partial charge in [-0.15, -0.1) is 22.7 Å². The van der Waals surface area contributed by atoms with Gasteiger partial charge in [-0.3, -0.25) is 4.79 Å². The third-order valence-corrected chi connectivity index (χ3v) is 7.56. The minimum absolute atomic E-state index is 0.0894. The fourth-order valence-electron chi connectivity index (χ4n) is 3.79. The summed E-state index contributed by atoms with van der Waals surface area (Å²) in [4.78, 5) is 16.6. The van der Waals surface area contributed by atoms with Crippen molar-refractivity contribution in [1.29, 1.82) is 0 Å². The monoisotopic (exact) mass is 360 g/mol. The lowest BCUT2D eigenvalue weighted by molar-refractivity contribution is 0.0935. The van der Waals surface area contributed by atoms with Crippen molar-refractivity contribution >= 4 is 33.6 Å². The van der Waals surface area contributed by atoms with Gasteiger partial charge in [0.25, 0.3) is 5.91 Å². The second-order valence-corrected chi connectivity index (χ2v) is 10.4. The zero-order valence-corrected chi connectivity index (χ0v) is 16.3. The molecule has 1 aliphatic carbocycles. The van der Waals surface area contributed by atoms with E-state index < -0.39 is 0 Å². The van der Waals surface area contributed by atoms with Gasteiger partial charge in [0, 0.05) is 14.6 Å². The molecule has 2 N–H and O–H groups in total. The third-order valence-electron chi connectivity index (χ3n) is 5.31. The number of fused-ring (bicyclic) bond motifs is 3. The molecule has 0 radical (unpaired) electrons. The van der Waals surface area contributed by atoms with Gasteiger partial charge in [-0.25, -0.2) is 0 Å². The van der Waals surface area contributed by atoms with E-state index in [4.69, 9.17) is 0 Å². The van der Waals surface area contributed by atoms with E-state index >= 15 is 0 Å². The number of hydrogen-bond acceptors (Lipinski definition) is 4. The Morgan fingerprint density at radius 2 is 1.96 bits per heavy atom. The zero-order chi connectivity index (χ0) is 17.1. The summed E-state index contributed by atoms with van der Waals surface area (Å²) in [6, 6.07) is 4.21. The molecule has 2 aromatic rings. The van der Waals surface area contributed by atoms with Gasteiger partial charge >= 0.3 is 0 Å². The van der Waals surface area contributed by atoms with Crippen molar-refractivity contribution in [2.24, 2.45) is 11.3 Å². The van der Waals surface area contributed by atoms with Gasteiger partial charge in [-0.1, -0.05) is 20.8 Å². The Balaban J connectivity index is 1.65. The Morgan fingerprint density at radius 1 is 1.17 bits per heavy atom. The smallest absolute Gasteiger partial charge is 0.256 e. The van der Waals surface area contributed by atoms with E-state index in [9.17, 15) is 4.79 Å². The molecule has 0 bridgehead atoms. The molecule has 0 fully saturated rings. The summed E-state index contributed by atoms with van der Waals surface area (Å²) in [5.41, 5.74) is 2.53. The maximum atomic E-state index is 12.7. The van der Waals surface area contributed by atoms with E-state index in [1.807, 2.05) is 0 Å². The SMILES string of the molecule is Cc1ccc([C@@H]2NC(=O)c3c(sc4c3CC[C@H](C(C)(C)C)C4)N2)s1. The van der Waals surface area contributed by atoms with E-state index in [1.165, 1.54) is 26.6 Å². The topological polar surface area (TPSA) is 41.1 Å². The third kappa shape index (κ3) is 2.68. The minimum atomic E-state index is -0.0952. The molecule has 1 aliphatic heterocycles. The van der Waals surface area contributed by atoms with Gasteiger partial charge in [0.1, 0.15) is 11.2 Å². The first kappa shape index (κ1) is 16.2. The van der Waals surface area contributed by atoms with Crippen LogP contribution in [0.2, 0.25) is 0 Å². The molecule has 128 valence electrons. The molecule has 2 atom stereocenters. The van der Waals surface area contributed by atoms with Crippen molar-refractivity contribution in [3.63, 3.8) is 0 Å². The van der Waals surface area contributed by atoms with Crippen LogP contribution in [0.5, 0.6) is 0 Å². The predicted molar refractivity (Wildman–Crippen MR) is 102 cm³/mol. The molecule has 0 spiro atoms. The van der Waals surface area contributed by atoms with Gasteiger partial charge in [0.15, 0.2) is 0 Å². The largest absolute Gasteiger partial charge is 0.352 e. The van der Waals surface area contributed by atoms with E-state index in [2.05, 4.69) is 50.5 Å². The normalized spacial score (nSPS) is 23.2. The molecule has 3 nitrogen and oxygen atoms in total. The molecule has 0 unspecified atom stereocenters.